The Hall–Kier alpha value is -2.73. The molecule has 98 valence electrons. The SMILES string of the molecule is C1=C[CH+]c2ccc3cc/c(=C\c4ccccc4)cc3c2=C1. The Bertz CT molecular complexity index is 944. The molecule has 0 saturated carbocycles. The van der Waals surface area contributed by atoms with Crippen LogP contribution in [-0.4, -0.2) is 0 Å². The van der Waals surface area contributed by atoms with Crippen LogP contribution in [-0.2, 0) is 0 Å². The lowest BCUT2D eigenvalue weighted by Gasteiger charge is -2.01. The zero-order chi connectivity index (χ0) is 14.1. The van der Waals surface area contributed by atoms with Gasteiger partial charge in [0.15, 0.2) is 0 Å². The summed E-state index contributed by atoms with van der Waals surface area (Å²) in [5.41, 5.74) is 2.53. The van der Waals surface area contributed by atoms with Crippen LogP contribution in [0.1, 0.15) is 11.1 Å². The van der Waals surface area contributed by atoms with E-state index in [2.05, 4.69) is 85.3 Å². The summed E-state index contributed by atoms with van der Waals surface area (Å²) >= 11 is 0. The van der Waals surface area contributed by atoms with E-state index in [9.17, 15) is 0 Å². The summed E-state index contributed by atoms with van der Waals surface area (Å²) in [5, 5.41) is 5.17. The molecule has 0 fully saturated rings. The summed E-state index contributed by atoms with van der Waals surface area (Å²) in [7, 11) is 0. The van der Waals surface area contributed by atoms with Crippen molar-refractivity contribution in [2.75, 3.05) is 0 Å². The molecule has 1 aliphatic carbocycles. The summed E-state index contributed by atoms with van der Waals surface area (Å²) in [6, 6.07) is 21.5. The fourth-order valence-corrected chi connectivity index (χ4v) is 2.85. The van der Waals surface area contributed by atoms with Crippen molar-refractivity contribution in [1.82, 2.24) is 0 Å². The van der Waals surface area contributed by atoms with E-state index in [1.807, 2.05) is 6.07 Å². The van der Waals surface area contributed by atoms with Gasteiger partial charge in [-0.1, -0.05) is 42.5 Å². The largest absolute Gasteiger partial charge is 0.104 e. The Balaban J connectivity index is 1.99. The number of hydrogen-bond acceptors (Lipinski definition) is 0. The van der Waals surface area contributed by atoms with Crippen LogP contribution >= 0.6 is 0 Å². The Morgan fingerprint density at radius 1 is 0.857 bits per heavy atom. The molecule has 0 atom stereocenters. The Kier molecular flexibility index (Phi) is 2.86. The van der Waals surface area contributed by atoms with Gasteiger partial charge in [0.05, 0.1) is 5.22 Å². The lowest BCUT2D eigenvalue weighted by atomic mass is 9.97. The van der Waals surface area contributed by atoms with Gasteiger partial charge in [0.25, 0.3) is 0 Å². The molecule has 4 rings (SSSR count). The van der Waals surface area contributed by atoms with Crippen molar-refractivity contribution in [3.63, 3.8) is 0 Å². The van der Waals surface area contributed by atoms with Gasteiger partial charge in [-0.2, -0.15) is 0 Å². The standard InChI is InChI=1S/C21H15/c1-2-6-16(7-3-1)14-17-10-11-19-13-12-18-8-4-5-9-20(18)21(19)15-17/h1-15H/q+1/b17-14+. The molecule has 0 heteroatoms. The molecule has 1 aliphatic rings. The lowest BCUT2D eigenvalue weighted by molar-refractivity contribution is 1.47. The lowest BCUT2D eigenvalue weighted by Crippen LogP contribution is -2.13. The third-order valence-electron chi connectivity index (χ3n) is 3.90. The summed E-state index contributed by atoms with van der Waals surface area (Å²) < 4.78 is 0. The average Bonchev–Trinajstić information content (AvgIpc) is 2.56. The maximum absolute atomic E-state index is 2.28. The minimum Gasteiger partial charge on any atom is -0.0622 e. The highest BCUT2D eigenvalue weighted by Crippen LogP contribution is 2.12. The highest BCUT2D eigenvalue weighted by Gasteiger charge is 2.09. The van der Waals surface area contributed by atoms with E-state index in [1.165, 1.54) is 32.3 Å². The highest BCUT2D eigenvalue weighted by atomic mass is 14.1. The van der Waals surface area contributed by atoms with Crippen LogP contribution in [0, 0.1) is 6.42 Å². The van der Waals surface area contributed by atoms with Crippen LogP contribution in [0.15, 0.2) is 72.8 Å². The second kappa shape index (κ2) is 4.99. The van der Waals surface area contributed by atoms with Gasteiger partial charge in [0.2, 0.25) is 0 Å². The van der Waals surface area contributed by atoms with Crippen molar-refractivity contribution < 1.29 is 0 Å². The first kappa shape index (κ1) is 12.0. The average molecular weight is 267 g/mol. The highest BCUT2D eigenvalue weighted by molar-refractivity contribution is 5.86. The van der Waals surface area contributed by atoms with Crippen LogP contribution in [0.25, 0.3) is 22.9 Å². The Morgan fingerprint density at radius 2 is 1.71 bits per heavy atom. The van der Waals surface area contributed by atoms with E-state index in [0.29, 0.717) is 0 Å². The summed E-state index contributed by atoms with van der Waals surface area (Å²) in [5.74, 6) is 0. The molecule has 21 heavy (non-hydrogen) atoms. The first-order valence-corrected chi connectivity index (χ1v) is 7.21. The topological polar surface area (TPSA) is 0 Å². The second-order valence-corrected chi connectivity index (χ2v) is 5.32. The summed E-state index contributed by atoms with van der Waals surface area (Å²) in [4.78, 5) is 0. The van der Waals surface area contributed by atoms with Crippen LogP contribution in [0.2, 0.25) is 0 Å². The number of benzene rings is 3. The third-order valence-corrected chi connectivity index (χ3v) is 3.90. The molecular weight excluding hydrogens is 252 g/mol. The fourth-order valence-electron chi connectivity index (χ4n) is 2.85. The predicted octanol–water partition coefficient (Wildman–Crippen LogP) is 3.57. The minimum atomic E-state index is 1.23. The Labute approximate surface area is 124 Å². The number of hydrogen-bond donors (Lipinski definition) is 0. The van der Waals surface area contributed by atoms with Crippen LogP contribution in [0.4, 0.5) is 0 Å². The first-order valence-electron chi connectivity index (χ1n) is 7.21. The molecule has 0 radical (unpaired) electrons. The molecule has 0 unspecified atom stereocenters. The van der Waals surface area contributed by atoms with E-state index < -0.39 is 0 Å². The summed E-state index contributed by atoms with van der Waals surface area (Å²) in [6.07, 6.45) is 10.8. The quantitative estimate of drug-likeness (QED) is 0.591. The molecule has 0 aliphatic heterocycles. The molecule has 0 bridgehead atoms. The predicted molar refractivity (Wildman–Crippen MR) is 90.2 cm³/mol. The molecule has 0 N–H and O–H groups in total. The van der Waals surface area contributed by atoms with Gasteiger partial charge in [0.1, 0.15) is 5.56 Å². The van der Waals surface area contributed by atoms with E-state index in [1.54, 1.807) is 0 Å². The summed E-state index contributed by atoms with van der Waals surface area (Å²) in [6.45, 7) is 0. The van der Waals surface area contributed by atoms with Gasteiger partial charge < -0.3 is 0 Å². The van der Waals surface area contributed by atoms with Gasteiger partial charge in [0, 0.05) is 41.5 Å². The van der Waals surface area contributed by atoms with Gasteiger partial charge in [-0.05, 0) is 29.0 Å². The number of fused-ring (bicyclic) bond motifs is 3. The van der Waals surface area contributed by atoms with E-state index in [4.69, 9.17) is 0 Å². The van der Waals surface area contributed by atoms with Gasteiger partial charge >= 0.3 is 0 Å². The van der Waals surface area contributed by atoms with Crippen molar-refractivity contribution in [1.29, 1.82) is 0 Å². The maximum Gasteiger partial charge on any atom is 0.104 e. The monoisotopic (exact) mass is 267 g/mol. The maximum atomic E-state index is 2.28. The van der Waals surface area contributed by atoms with Gasteiger partial charge in [-0.3, -0.25) is 0 Å². The van der Waals surface area contributed by atoms with Crippen LogP contribution in [0.3, 0.4) is 0 Å². The molecule has 0 spiro atoms. The van der Waals surface area contributed by atoms with E-state index >= 15 is 0 Å². The van der Waals surface area contributed by atoms with Crippen molar-refractivity contribution in [3.05, 3.63) is 101 Å². The smallest absolute Gasteiger partial charge is 0.0622 e. The van der Waals surface area contributed by atoms with Crippen molar-refractivity contribution in [2.24, 2.45) is 0 Å². The number of rotatable bonds is 1. The van der Waals surface area contributed by atoms with Crippen LogP contribution in [0.5, 0.6) is 0 Å². The molecule has 0 amide bonds. The fraction of sp³-hybridized carbons (Fsp3) is 0. The van der Waals surface area contributed by atoms with Gasteiger partial charge in [-0.15, -0.1) is 0 Å². The Morgan fingerprint density at radius 3 is 2.62 bits per heavy atom. The molecule has 0 heterocycles. The normalized spacial score (nSPS) is 13.6. The number of allylic oxidation sites excluding steroid dienone is 2. The van der Waals surface area contributed by atoms with Gasteiger partial charge in [-0.25, -0.2) is 0 Å². The molecule has 3 aromatic carbocycles. The van der Waals surface area contributed by atoms with Crippen LogP contribution < -0.4 is 10.4 Å². The molecule has 0 nitrogen and oxygen atoms in total. The third kappa shape index (κ3) is 2.25. The van der Waals surface area contributed by atoms with E-state index in [-0.39, 0.29) is 0 Å². The van der Waals surface area contributed by atoms with E-state index in [0.717, 1.165) is 0 Å². The van der Waals surface area contributed by atoms with Crippen molar-refractivity contribution in [2.45, 2.75) is 0 Å². The zero-order valence-electron chi connectivity index (χ0n) is 11.7. The first-order chi connectivity index (χ1) is 10.4. The second-order valence-electron chi connectivity index (χ2n) is 5.32. The molecule has 3 aromatic rings. The molecule has 0 aromatic heterocycles. The zero-order valence-corrected chi connectivity index (χ0v) is 11.7. The minimum absolute atomic E-state index is 1.23. The molecule has 0 saturated heterocycles. The van der Waals surface area contributed by atoms with Crippen molar-refractivity contribution >= 4 is 22.9 Å². The molecular formula is C21H15+. The van der Waals surface area contributed by atoms with Crippen molar-refractivity contribution in [3.8, 4) is 0 Å².